The largest absolute Gasteiger partial charge is 0.452 e. The zero-order chi connectivity index (χ0) is 24.1. The number of piperidine rings is 1. The van der Waals surface area contributed by atoms with Gasteiger partial charge in [-0.1, -0.05) is 42.8 Å². The van der Waals surface area contributed by atoms with Crippen LogP contribution in [-0.2, 0) is 26.1 Å². The van der Waals surface area contributed by atoms with Crippen molar-refractivity contribution >= 4 is 21.9 Å². The summed E-state index contributed by atoms with van der Waals surface area (Å²) >= 11 is 0. The van der Waals surface area contributed by atoms with Gasteiger partial charge in [0.25, 0.3) is 5.91 Å². The van der Waals surface area contributed by atoms with Gasteiger partial charge < -0.3 is 9.64 Å². The molecule has 2 aromatic carbocycles. The molecule has 0 bridgehead atoms. The second-order valence-corrected chi connectivity index (χ2v) is 11.1. The number of hydrogen-bond donors (Lipinski definition) is 0. The van der Waals surface area contributed by atoms with E-state index in [1.54, 1.807) is 4.90 Å². The molecule has 0 radical (unpaired) electrons. The summed E-state index contributed by atoms with van der Waals surface area (Å²) in [6.45, 7) is 6.70. The van der Waals surface area contributed by atoms with Crippen molar-refractivity contribution in [3.8, 4) is 0 Å². The predicted molar refractivity (Wildman–Crippen MR) is 126 cm³/mol. The highest BCUT2D eigenvalue weighted by Gasteiger charge is 2.29. The average Bonchev–Trinajstić information content (AvgIpc) is 2.81. The number of carbonyl (C=O) groups is 2. The maximum Gasteiger partial charge on any atom is 0.338 e. The molecule has 1 amide bonds. The molecule has 7 nitrogen and oxygen atoms in total. The minimum absolute atomic E-state index is 0.0607. The first-order valence-corrected chi connectivity index (χ1v) is 12.6. The third-order valence-electron chi connectivity index (χ3n) is 5.64. The Balaban J connectivity index is 1.68. The summed E-state index contributed by atoms with van der Waals surface area (Å²) in [5.74, 6) is -1.05. The zero-order valence-electron chi connectivity index (χ0n) is 19.5. The summed E-state index contributed by atoms with van der Waals surface area (Å²) in [4.78, 5) is 27.3. The summed E-state index contributed by atoms with van der Waals surface area (Å²) in [5.41, 5.74) is 0.607. The highest BCUT2D eigenvalue weighted by molar-refractivity contribution is 7.89. The van der Waals surface area contributed by atoms with Crippen molar-refractivity contribution in [1.82, 2.24) is 9.21 Å². The third kappa shape index (κ3) is 6.42. The summed E-state index contributed by atoms with van der Waals surface area (Å²) in [6, 6.07) is 15.4. The van der Waals surface area contributed by atoms with Gasteiger partial charge in [0.15, 0.2) is 6.61 Å². The molecule has 1 fully saturated rings. The maximum atomic E-state index is 12.9. The second kappa shape index (κ2) is 10.5. The Morgan fingerprint density at radius 1 is 0.970 bits per heavy atom. The van der Waals surface area contributed by atoms with Crippen molar-refractivity contribution in [3.63, 3.8) is 0 Å². The molecular weight excluding hydrogens is 440 g/mol. The Kier molecular flexibility index (Phi) is 7.92. The van der Waals surface area contributed by atoms with E-state index in [0.717, 1.165) is 24.8 Å². The van der Waals surface area contributed by atoms with Crippen LogP contribution in [0.2, 0.25) is 0 Å². The molecule has 2 aromatic rings. The fraction of sp³-hybridized carbons (Fsp3) is 0.440. The van der Waals surface area contributed by atoms with Gasteiger partial charge in [-0.3, -0.25) is 4.79 Å². The van der Waals surface area contributed by atoms with Crippen LogP contribution in [0.3, 0.4) is 0 Å². The van der Waals surface area contributed by atoms with E-state index in [4.69, 9.17) is 4.74 Å². The van der Waals surface area contributed by atoms with Crippen molar-refractivity contribution in [1.29, 1.82) is 0 Å². The molecule has 0 atom stereocenters. The molecule has 0 aromatic heterocycles. The van der Waals surface area contributed by atoms with Gasteiger partial charge in [-0.2, -0.15) is 4.31 Å². The lowest BCUT2D eigenvalue weighted by molar-refractivity contribution is -0.140. The van der Waals surface area contributed by atoms with Crippen LogP contribution in [-0.4, -0.2) is 54.7 Å². The van der Waals surface area contributed by atoms with Crippen LogP contribution in [0.15, 0.2) is 59.5 Å². The number of sulfonamides is 1. The molecule has 1 saturated heterocycles. The molecule has 0 unspecified atom stereocenters. The van der Waals surface area contributed by atoms with E-state index >= 15 is 0 Å². The third-order valence-corrected chi connectivity index (χ3v) is 7.54. The molecule has 178 valence electrons. The van der Waals surface area contributed by atoms with Gasteiger partial charge in [0.05, 0.1) is 10.5 Å². The molecule has 1 heterocycles. The van der Waals surface area contributed by atoms with Crippen molar-refractivity contribution < 1.29 is 22.7 Å². The Morgan fingerprint density at radius 3 is 2.27 bits per heavy atom. The van der Waals surface area contributed by atoms with Crippen LogP contribution < -0.4 is 0 Å². The second-order valence-electron chi connectivity index (χ2n) is 9.21. The number of benzene rings is 2. The van der Waals surface area contributed by atoms with E-state index in [9.17, 15) is 18.0 Å². The summed E-state index contributed by atoms with van der Waals surface area (Å²) < 4.78 is 32.6. The lowest BCUT2D eigenvalue weighted by atomic mass is 10.0. The topological polar surface area (TPSA) is 84.0 Å². The van der Waals surface area contributed by atoms with Crippen LogP contribution in [0.1, 0.15) is 56.0 Å². The number of nitrogens with zero attached hydrogens (tertiary/aromatic N) is 2. The lowest BCUT2D eigenvalue weighted by Gasteiger charge is -2.35. The van der Waals surface area contributed by atoms with Crippen LogP contribution in [0.25, 0.3) is 0 Å². The summed E-state index contributed by atoms with van der Waals surface area (Å²) in [5, 5.41) is 0. The van der Waals surface area contributed by atoms with Gasteiger partial charge in [0.1, 0.15) is 0 Å². The molecule has 3 rings (SSSR count). The molecule has 8 heteroatoms. The first-order chi connectivity index (χ1) is 15.6. The standard InChI is InChI=1S/C25H32N2O5S/c1-25(2,3)27(18-20-11-6-4-7-12-20)23(28)19-32-24(29)21-13-10-14-22(17-21)33(30,31)26-15-8-5-9-16-26/h4,6-7,10-14,17H,5,8-9,15-16,18-19H2,1-3H3. The van der Waals surface area contributed by atoms with Gasteiger partial charge in [-0.15, -0.1) is 0 Å². The van der Waals surface area contributed by atoms with E-state index in [2.05, 4.69) is 0 Å². The molecule has 0 spiro atoms. The molecule has 0 saturated carbocycles. The fourth-order valence-corrected chi connectivity index (χ4v) is 5.36. The normalized spacial score (nSPS) is 15.1. The van der Waals surface area contributed by atoms with Crippen molar-refractivity contribution in [3.05, 3.63) is 65.7 Å². The number of ether oxygens (including phenoxy) is 1. The quantitative estimate of drug-likeness (QED) is 0.572. The highest BCUT2D eigenvalue weighted by atomic mass is 32.2. The summed E-state index contributed by atoms with van der Waals surface area (Å²) in [6.07, 6.45) is 2.68. The molecule has 1 aliphatic rings. The van der Waals surface area contributed by atoms with E-state index in [1.807, 2.05) is 51.1 Å². The van der Waals surface area contributed by atoms with Gasteiger partial charge in [0, 0.05) is 25.2 Å². The number of rotatable bonds is 7. The number of hydrogen-bond acceptors (Lipinski definition) is 5. The minimum Gasteiger partial charge on any atom is -0.452 e. The van der Waals surface area contributed by atoms with E-state index in [-0.39, 0.29) is 16.4 Å². The average molecular weight is 473 g/mol. The van der Waals surface area contributed by atoms with E-state index in [1.165, 1.54) is 28.6 Å². The Hall–Kier alpha value is -2.71. The highest BCUT2D eigenvalue weighted by Crippen LogP contribution is 2.22. The number of carbonyl (C=O) groups excluding carboxylic acids is 2. The first kappa shape index (κ1) is 24.9. The SMILES string of the molecule is CC(C)(C)N(Cc1ccccc1)C(=O)COC(=O)c1cccc(S(=O)(=O)N2CCCCC2)c1. The monoisotopic (exact) mass is 472 g/mol. The zero-order valence-corrected chi connectivity index (χ0v) is 20.3. The first-order valence-electron chi connectivity index (χ1n) is 11.2. The van der Waals surface area contributed by atoms with Crippen LogP contribution in [0.5, 0.6) is 0 Å². The smallest absolute Gasteiger partial charge is 0.338 e. The van der Waals surface area contributed by atoms with Gasteiger partial charge >= 0.3 is 5.97 Å². The van der Waals surface area contributed by atoms with E-state index in [0.29, 0.717) is 19.6 Å². The van der Waals surface area contributed by atoms with Crippen molar-refractivity contribution in [2.75, 3.05) is 19.7 Å². The molecular formula is C25H32N2O5S. The van der Waals surface area contributed by atoms with Crippen LogP contribution >= 0.6 is 0 Å². The van der Waals surface area contributed by atoms with Crippen molar-refractivity contribution in [2.24, 2.45) is 0 Å². The Labute approximate surface area is 196 Å². The van der Waals surface area contributed by atoms with Crippen LogP contribution in [0.4, 0.5) is 0 Å². The molecule has 0 N–H and O–H groups in total. The molecule has 1 aliphatic heterocycles. The summed E-state index contributed by atoms with van der Waals surface area (Å²) in [7, 11) is -3.67. The van der Waals surface area contributed by atoms with Gasteiger partial charge in [-0.05, 0) is 57.4 Å². The molecule has 33 heavy (non-hydrogen) atoms. The van der Waals surface area contributed by atoms with Gasteiger partial charge in [-0.25, -0.2) is 13.2 Å². The minimum atomic E-state index is -3.67. The number of esters is 1. The van der Waals surface area contributed by atoms with Gasteiger partial charge in [0.2, 0.25) is 10.0 Å². The molecule has 0 aliphatic carbocycles. The number of amides is 1. The van der Waals surface area contributed by atoms with Crippen molar-refractivity contribution in [2.45, 2.75) is 57.0 Å². The maximum absolute atomic E-state index is 12.9. The lowest BCUT2D eigenvalue weighted by Crippen LogP contribution is -2.46. The predicted octanol–water partition coefficient (Wildman–Crippen LogP) is 3.85. The fourth-order valence-electron chi connectivity index (χ4n) is 3.79. The van der Waals surface area contributed by atoms with Crippen LogP contribution in [0, 0.1) is 0 Å². The Morgan fingerprint density at radius 2 is 1.64 bits per heavy atom. The Bertz CT molecular complexity index is 1070. The van der Waals surface area contributed by atoms with E-state index < -0.39 is 28.1 Å².